The smallest absolute Gasteiger partial charge is 0.0836 e. The van der Waals surface area contributed by atoms with E-state index in [1.54, 1.807) is 13.8 Å². The lowest BCUT2D eigenvalue weighted by molar-refractivity contribution is -0.00509. The molecule has 1 rings (SSSR count). The van der Waals surface area contributed by atoms with Gasteiger partial charge in [-0.05, 0) is 23.8 Å². The molecule has 0 heterocycles. The second kappa shape index (κ2) is 3.77. The van der Waals surface area contributed by atoms with E-state index in [0.29, 0.717) is 6.42 Å². The Morgan fingerprint density at radius 2 is 1.93 bits per heavy atom. The summed E-state index contributed by atoms with van der Waals surface area (Å²) in [6.45, 7) is 5.46. The lowest BCUT2D eigenvalue weighted by atomic mass is 9.85. The first kappa shape index (κ1) is 11.3. The fourth-order valence-electron chi connectivity index (χ4n) is 2.15. The molecule has 0 aromatic heterocycles. The maximum absolute atomic E-state index is 9.76. The third-order valence-corrected chi connectivity index (χ3v) is 3.18. The zero-order valence-corrected chi connectivity index (χ0v) is 8.75. The van der Waals surface area contributed by atoms with Gasteiger partial charge in [0, 0.05) is 10.5 Å². The molecule has 1 aliphatic carbocycles. The zero-order chi connectivity index (χ0) is 10.9. The molecule has 1 aliphatic rings. The highest BCUT2D eigenvalue weighted by Gasteiger charge is 2.45. The molecule has 5 heteroatoms. The molecule has 0 bridgehead atoms. The maximum Gasteiger partial charge on any atom is 0.0836 e. The van der Waals surface area contributed by atoms with Gasteiger partial charge in [-0.2, -0.15) is 0 Å². The number of hydrogen-bond acceptors (Lipinski definition) is 3. The number of aliphatic hydroxyl groups is 2. The van der Waals surface area contributed by atoms with Gasteiger partial charge in [-0.1, -0.05) is 25.9 Å². The summed E-state index contributed by atoms with van der Waals surface area (Å²) >= 11 is 0. The molecule has 0 radical (unpaired) electrons. The molecular weight excluding hydrogens is 182 g/mol. The van der Waals surface area contributed by atoms with E-state index in [1.807, 2.05) is 6.92 Å². The van der Waals surface area contributed by atoms with Crippen molar-refractivity contribution in [2.75, 3.05) is 0 Å². The Hall–Kier alpha value is -0.770. The van der Waals surface area contributed by atoms with Crippen LogP contribution < -0.4 is 0 Å². The Kier molecular flexibility index (Phi) is 3.04. The Labute approximate surface area is 83.4 Å². The standard InChI is InChI=1S/C9H17N3O2/c1-5-4-6(8(14)7(5)13)9(2,3)11-12-10/h5-8,13-14H,4H2,1-3H3/t5-,6+,7+,8-/m1/s1. The van der Waals surface area contributed by atoms with E-state index >= 15 is 0 Å². The third-order valence-electron chi connectivity index (χ3n) is 3.18. The molecule has 0 aromatic carbocycles. The van der Waals surface area contributed by atoms with E-state index in [-0.39, 0.29) is 11.8 Å². The monoisotopic (exact) mass is 199 g/mol. The number of aliphatic hydroxyl groups excluding tert-OH is 2. The van der Waals surface area contributed by atoms with Crippen LogP contribution >= 0.6 is 0 Å². The van der Waals surface area contributed by atoms with Crippen molar-refractivity contribution in [1.29, 1.82) is 0 Å². The average molecular weight is 199 g/mol. The van der Waals surface area contributed by atoms with Crippen LogP contribution in [0.4, 0.5) is 0 Å². The Morgan fingerprint density at radius 3 is 2.29 bits per heavy atom. The topological polar surface area (TPSA) is 89.2 Å². The molecule has 1 saturated carbocycles. The fourth-order valence-corrected chi connectivity index (χ4v) is 2.15. The summed E-state index contributed by atoms with van der Waals surface area (Å²) < 4.78 is 0. The lowest BCUT2D eigenvalue weighted by Gasteiger charge is -2.29. The van der Waals surface area contributed by atoms with E-state index < -0.39 is 17.7 Å². The van der Waals surface area contributed by atoms with E-state index in [1.165, 1.54) is 0 Å². The second-order valence-corrected chi connectivity index (χ2v) is 4.64. The van der Waals surface area contributed by atoms with E-state index in [0.717, 1.165) is 0 Å². The van der Waals surface area contributed by atoms with Crippen molar-refractivity contribution in [2.24, 2.45) is 17.0 Å². The summed E-state index contributed by atoms with van der Waals surface area (Å²) in [6, 6.07) is 0. The molecule has 0 unspecified atom stereocenters. The van der Waals surface area contributed by atoms with Gasteiger partial charge < -0.3 is 10.2 Å². The van der Waals surface area contributed by atoms with Gasteiger partial charge in [0.2, 0.25) is 0 Å². The third kappa shape index (κ3) is 1.85. The number of hydrogen-bond donors (Lipinski definition) is 2. The summed E-state index contributed by atoms with van der Waals surface area (Å²) in [7, 11) is 0. The van der Waals surface area contributed by atoms with Crippen LogP contribution in [0.2, 0.25) is 0 Å². The van der Waals surface area contributed by atoms with E-state index in [9.17, 15) is 10.2 Å². The van der Waals surface area contributed by atoms with Crippen molar-refractivity contribution < 1.29 is 10.2 Å². The fraction of sp³-hybridized carbons (Fsp3) is 1.00. The van der Waals surface area contributed by atoms with Crippen molar-refractivity contribution in [3.63, 3.8) is 0 Å². The van der Waals surface area contributed by atoms with Crippen molar-refractivity contribution in [2.45, 2.75) is 44.9 Å². The van der Waals surface area contributed by atoms with Gasteiger partial charge in [-0.25, -0.2) is 0 Å². The number of nitrogens with zero attached hydrogens (tertiary/aromatic N) is 3. The Bertz CT molecular complexity index is 261. The molecule has 0 spiro atoms. The van der Waals surface area contributed by atoms with Crippen LogP contribution in [0.25, 0.3) is 10.4 Å². The number of rotatable bonds is 2. The predicted molar refractivity (Wildman–Crippen MR) is 52.5 cm³/mol. The highest BCUT2D eigenvalue weighted by atomic mass is 16.3. The molecule has 2 N–H and O–H groups in total. The quantitative estimate of drug-likeness (QED) is 0.400. The largest absolute Gasteiger partial charge is 0.390 e. The molecule has 5 nitrogen and oxygen atoms in total. The minimum absolute atomic E-state index is 0.0585. The van der Waals surface area contributed by atoms with Gasteiger partial charge in [0.15, 0.2) is 0 Å². The molecule has 14 heavy (non-hydrogen) atoms. The Morgan fingerprint density at radius 1 is 1.36 bits per heavy atom. The number of azide groups is 1. The van der Waals surface area contributed by atoms with Gasteiger partial charge in [-0.3, -0.25) is 0 Å². The minimum atomic E-state index is -0.787. The van der Waals surface area contributed by atoms with Crippen LogP contribution in [0.1, 0.15) is 27.2 Å². The van der Waals surface area contributed by atoms with Gasteiger partial charge in [0.1, 0.15) is 0 Å². The van der Waals surface area contributed by atoms with Crippen molar-refractivity contribution >= 4 is 0 Å². The van der Waals surface area contributed by atoms with Crippen LogP contribution in [-0.2, 0) is 0 Å². The van der Waals surface area contributed by atoms with E-state index in [4.69, 9.17) is 5.53 Å². The SMILES string of the molecule is C[C@@H]1C[C@H](C(C)(C)N=[N+]=[N-])[C@@H](O)[C@H]1O. The van der Waals surface area contributed by atoms with Gasteiger partial charge in [0.05, 0.1) is 12.2 Å². The molecule has 0 aliphatic heterocycles. The van der Waals surface area contributed by atoms with Crippen LogP contribution in [0, 0.1) is 11.8 Å². The van der Waals surface area contributed by atoms with Crippen LogP contribution in [0.5, 0.6) is 0 Å². The second-order valence-electron chi connectivity index (χ2n) is 4.64. The molecule has 4 atom stereocenters. The molecule has 1 fully saturated rings. The van der Waals surface area contributed by atoms with Crippen LogP contribution in [0.3, 0.4) is 0 Å². The van der Waals surface area contributed by atoms with Crippen LogP contribution in [-0.4, -0.2) is 28.0 Å². The van der Waals surface area contributed by atoms with Gasteiger partial charge in [0.25, 0.3) is 0 Å². The van der Waals surface area contributed by atoms with E-state index in [2.05, 4.69) is 10.0 Å². The molecule has 0 saturated heterocycles. The van der Waals surface area contributed by atoms with Crippen molar-refractivity contribution in [3.05, 3.63) is 10.4 Å². The first-order valence-corrected chi connectivity index (χ1v) is 4.82. The van der Waals surface area contributed by atoms with Crippen LogP contribution in [0.15, 0.2) is 5.11 Å². The summed E-state index contributed by atoms with van der Waals surface area (Å²) in [6.07, 6.45) is -0.799. The van der Waals surface area contributed by atoms with Crippen molar-refractivity contribution in [3.8, 4) is 0 Å². The highest BCUT2D eigenvalue weighted by molar-refractivity contribution is 4.99. The lowest BCUT2D eigenvalue weighted by Crippen LogP contribution is -2.38. The summed E-state index contributed by atoms with van der Waals surface area (Å²) in [5.74, 6) is -0.105. The molecular formula is C9H17N3O2. The first-order valence-electron chi connectivity index (χ1n) is 4.82. The molecule has 0 aromatic rings. The van der Waals surface area contributed by atoms with Gasteiger partial charge >= 0.3 is 0 Å². The van der Waals surface area contributed by atoms with Gasteiger partial charge in [-0.15, -0.1) is 0 Å². The maximum atomic E-state index is 9.76. The minimum Gasteiger partial charge on any atom is -0.390 e. The zero-order valence-electron chi connectivity index (χ0n) is 8.75. The Balaban J connectivity index is 2.85. The summed E-state index contributed by atoms with van der Waals surface area (Å²) in [5.41, 5.74) is 7.76. The average Bonchev–Trinajstić information content (AvgIpc) is 2.33. The normalized spacial score (nSPS) is 38.1. The first-order chi connectivity index (χ1) is 6.40. The summed E-state index contributed by atoms with van der Waals surface area (Å²) in [5, 5.41) is 23.0. The molecule has 80 valence electrons. The molecule has 0 amide bonds. The van der Waals surface area contributed by atoms with Crippen molar-refractivity contribution in [1.82, 2.24) is 0 Å². The summed E-state index contributed by atoms with van der Waals surface area (Å²) in [4.78, 5) is 2.77. The highest BCUT2D eigenvalue weighted by Crippen LogP contribution is 2.39. The predicted octanol–water partition coefficient (Wildman–Crippen LogP) is 1.45.